The van der Waals surface area contributed by atoms with Crippen LogP contribution in [0.2, 0.25) is 0 Å². The summed E-state index contributed by atoms with van der Waals surface area (Å²) in [5.74, 6) is -1.53. The van der Waals surface area contributed by atoms with Crippen molar-refractivity contribution in [1.82, 2.24) is 5.32 Å². The maximum atomic E-state index is 13.0. The summed E-state index contributed by atoms with van der Waals surface area (Å²) < 4.78 is 5.29. The number of aliphatic carboxylic acids is 1. The second-order valence-corrected chi connectivity index (χ2v) is 6.67. The summed E-state index contributed by atoms with van der Waals surface area (Å²) in [6.07, 6.45) is 0.813. The van der Waals surface area contributed by atoms with E-state index in [0.717, 1.165) is 11.1 Å². The van der Waals surface area contributed by atoms with Crippen molar-refractivity contribution in [1.29, 1.82) is 0 Å². The summed E-state index contributed by atoms with van der Waals surface area (Å²) in [5, 5.41) is 12.6. The first-order valence-electron chi connectivity index (χ1n) is 8.81. The highest BCUT2D eigenvalue weighted by Crippen LogP contribution is 2.31. The maximum absolute atomic E-state index is 13.0. The van der Waals surface area contributed by atoms with E-state index in [1.807, 2.05) is 60.7 Å². The molecule has 0 bridgehead atoms. The van der Waals surface area contributed by atoms with Crippen LogP contribution in [0.3, 0.4) is 0 Å². The number of benzene rings is 2. The number of carboxylic acids is 1. The van der Waals surface area contributed by atoms with Crippen LogP contribution in [0, 0.1) is 5.41 Å². The Balaban J connectivity index is 1.81. The normalized spacial score (nSPS) is 16.2. The topological polar surface area (TPSA) is 75.6 Å². The van der Waals surface area contributed by atoms with Crippen LogP contribution in [0.15, 0.2) is 60.7 Å². The third-order valence-corrected chi connectivity index (χ3v) is 5.03. The molecule has 1 saturated heterocycles. The van der Waals surface area contributed by atoms with Gasteiger partial charge in [0.25, 0.3) is 0 Å². The number of nitrogens with one attached hydrogen (secondary N) is 1. The van der Waals surface area contributed by atoms with Crippen molar-refractivity contribution in [2.45, 2.75) is 18.8 Å². The van der Waals surface area contributed by atoms with E-state index in [1.54, 1.807) is 0 Å². The Labute approximate surface area is 153 Å². The molecule has 1 fully saturated rings. The second kappa shape index (κ2) is 8.15. The third-order valence-electron chi connectivity index (χ3n) is 5.03. The van der Waals surface area contributed by atoms with Crippen LogP contribution in [-0.4, -0.2) is 36.7 Å². The van der Waals surface area contributed by atoms with E-state index in [9.17, 15) is 14.7 Å². The van der Waals surface area contributed by atoms with Gasteiger partial charge >= 0.3 is 5.97 Å². The molecule has 2 aromatic rings. The van der Waals surface area contributed by atoms with Crippen molar-refractivity contribution in [2.75, 3.05) is 19.8 Å². The van der Waals surface area contributed by atoms with Crippen LogP contribution >= 0.6 is 0 Å². The van der Waals surface area contributed by atoms with E-state index in [0.29, 0.717) is 26.1 Å². The van der Waals surface area contributed by atoms with Crippen LogP contribution in [0.1, 0.15) is 29.9 Å². The van der Waals surface area contributed by atoms with Crippen LogP contribution in [-0.2, 0) is 14.3 Å². The fourth-order valence-electron chi connectivity index (χ4n) is 3.37. The molecule has 3 rings (SSSR count). The molecule has 0 spiro atoms. The molecule has 2 aromatic carbocycles. The Hall–Kier alpha value is -2.66. The standard InChI is InChI=1S/C21H23NO4/c23-19(22-15-21(20(24)25)11-13-26-14-12-21)18(16-7-3-1-4-8-16)17-9-5-2-6-10-17/h1-10,18H,11-15H2,(H,22,23)(H,24,25). The Bertz CT molecular complexity index is 700. The van der Waals surface area contributed by atoms with Gasteiger partial charge in [-0.1, -0.05) is 60.7 Å². The monoisotopic (exact) mass is 353 g/mol. The molecule has 5 heteroatoms. The molecular weight excluding hydrogens is 330 g/mol. The Morgan fingerprint density at radius 3 is 1.92 bits per heavy atom. The lowest BCUT2D eigenvalue weighted by Crippen LogP contribution is -2.47. The molecule has 26 heavy (non-hydrogen) atoms. The maximum Gasteiger partial charge on any atom is 0.311 e. The Morgan fingerprint density at radius 1 is 0.962 bits per heavy atom. The largest absolute Gasteiger partial charge is 0.481 e. The van der Waals surface area contributed by atoms with Gasteiger partial charge in [-0.25, -0.2) is 0 Å². The summed E-state index contributed by atoms with van der Waals surface area (Å²) in [7, 11) is 0. The van der Waals surface area contributed by atoms with Gasteiger partial charge in [0.2, 0.25) is 5.91 Å². The molecule has 0 radical (unpaired) electrons. The molecule has 0 aliphatic carbocycles. The van der Waals surface area contributed by atoms with Gasteiger partial charge < -0.3 is 15.2 Å². The highest BCUT2D eigenvalue weighted by Gasteiger charge is 2.41. The number of hydrogen-bond acceptors (Lipinski definition) is 3. The zero-order valence-corrected chi connectivity index (χ0v) is 14.6. The van der Waals surface area contributed by atoms with E-state index in [2.05, 4.69) is 5.32 Å². The summed E-state index contributed by atoms with van der Waals surface area (Å²) in [6, 6.07) is 19.1. The highest BCUT2D eigenvalue weighted by atomic mass is 16.5. The first-order chi connectivity index (χ1) is 12.6. The predicted octanol–water partition coefficient (Wildman–Crippen LogP) is 2.82. The molecule has 0 atom stereocenters. The molecule has 0 saturated carbocycles. The van der Waals surface area contributed by atoms with E-state index in [4.69, 9.17) is 4.74 Å². The van der Waals surface area contributed by atoms with Gasteiger partial charge in [0, 0.05) is 19.8 Å². The van der Waals surface area contributed by atoms with E-state index < -0.39 is 17.3 Å². The van der Waals surface area contributed by atoms with Crippen LogP contribution in [0.25, 0.3) is 0 Å². The van der Waals surface area contributed by atoms with Crippen molar-refractivity contribution in [3.05, 3.63) is 71.8 Å². The number of rotatable bonds is 6. The number of carbonyl (C=O) groups is 2. The zero-order valence-electron chi connectivity index (χ0n) is 14.6. The van der Waals surface area contributed by atoms with Crippen LogP contribution in [0.4, 0.5) is 0 Å². The third kappa shape index (κ3) is 3.94. The van der Waals surface area contributed by atoms with Gasteiger partial charge in [0.1, 0.15) is 0 Å². The lowest BCUT2D eigenvalue weighted by atomic mass is 9.80. The van der Waals surface area contributed by atoms with E-state index in [1.165, 1.54) is 0 Å². The molecule has 0 unspecified atom stereocenters. The Morgan fingerprint density at radius 2 is 1.46 bits per heavy atom. The number of carboxylic acid groups (broad SMARTS) is 1. The summed E-state index contributed by atoms with van der Waals surface area (Å²) in [6.45, 7) is 0.923. The molecular formula is C21H23NO4. The molecule has 1 heterocycles. The first kappa shape index (κ1) is 18.1. The van der Waals surface area contributed by atoms with Gasteiger partial charge in [-0.15, -0.1) is 0 Å². The van der Waals surface area contributed by atoms with Crippen molar-refractivity contribution in [3.8, 4) is 0 Å². The Kier molecular flexibility index (Phi) is 5.68. The number of hydrogen-bond donors (Lipinski definition) is 2. The minimum Gasteiger partial charge on any atom is -0.481 e. The van der Waals surface area contributed by atoms with Gasteiger partial charge in [0.05, 0.1) is 11.3 Å². The zero-order chi connectivity index (χ0) is 18.4. The molecule has 2 N–H and O–H groups in total. The number of ether oxygens (including phenoxy) is 1. The smallest absolute Gasteiger partial charge is 0.311 e. The summed E-state index contributed by atoms with van der Waals surface area (Å²) in [4.78, 5) is 24.8. The van der Waals surface area contributed by atoms with Crippen molar-refractivity contribution in [3.63, 3.8) is 0 Å². The van der Waals surface area contributed by atoms with Crippen molar-refractivity contribution in [2.24, 2.45) is 5.41 Å². The molecule has 136 valence electrons. The van der Waals surface area contributed by atoms with Crippen molar-refractivity contribution < 1.29 is 19.4 Å². The minimum absolute atomic E-state index is 0.112. The average molecular weight is 353 g/mol. The van der Waals surface area contributed by atoms with Crippen LogP contribution in [0.5, 0.6) is 0 Å². The fourth-order valence-corrected chi connectivity index (χ4v) is 3.37. The molecule has 1 aliphatic heterocycles. The van der Waals surface area contributed by atoms with E-state index in [-0.39, 0.29) is 12.5 Å². The van der Waals surface area contributed by atoms with Gasteiger partial charge in [0.15, 0.2) is 0 Å². The summed E-state index contributed by atoms with van der Waals surface area (Å²) in [5.41, 5.74) is 0.811. The average Bonchev–Trinajstić information content (AvgIpc) is 2.69. The van der Waals surface area contributed by atoms with E-state index >= 15 is 0 Å². The lowest BCUT2D eigenvalue weighted by molar-refractivity contribution is -0.154. The number of carbonyl (C=O) groups excluding carboxylic acids is 1. The highest BCUT2D eigenvalue weighted by molar-refractivity contribution is 5.87. The van der Waals surface area contributed by atoms with Gasteiger partial charge in [-0.2, -0.15) is 0 Å². The SMILES string of the molecule is O=C(NCC1(C(=O)O)CCOCC1)C(c1ccccc1)c1ccccc1. The molecule has 5 nitrogen and oxygen atoms in total. The summed E-state index contributed by atoms with van der Waals surface area (Å²) >= 11 is 0. The first-order valence-corrected chi connectivity index (χ1v) is 8.81. The second-order valence-electron chi connectivity index (χ2n) is 6.67. The fraction of sp³-hybridized carbons (Fsp3) is 0.333. The molecule has 1 aliphatic rings. The van der Waals surface area contributed by atoms with Crippen molar-refractivity contribution >= 4 is 11.9 Å². The van der Waals surface area contributed by atoms with Gasteiger partial charge in [-0.05, 0) is 24.0 Å². The van der Waals surface area contributed by atoms with Crippen LogP contribution < -0.4 is 5.32 Å². The minimum atomic E-state index is -0.953. The lowest BCUT2D eigenvalue weighted by Gasteiger charge is -2.33. The predicted molar refractivity (Wildman–Crippen MR) is 97.9 cm³/mol. The van der Waals surface area contributed by atoms with Gasteiger partial charge in [-0.3, -0.25) is 9.59 Å². The molecule has 0 aromatic heterocycles. The number of amides is 1. The quantitative estimate of drug-likeness (QED) is 0.837. The molecule has 1 amide bonds.